The van der Waals surface area contributed by atoms with Crippen molar-refractivity contribution in [3.05, 3.63) is 85.9 Å². The molecule has 9 nitrogen and oxygen atoms in total. The molecule has 0 spiro atoms. The summed E-state index contributed by atoms with van der Waals surface area (Å²) in [4.78, 5) is 31.3. The number of nitro benzene ring substituents is 1. The quantitative estimate of drug-likeness (QED) is 0.192. The maximum Gasteiger partial charge on any atom is 0.270 e. The number of anilines is 1. The number of hydrogen-bond donors (Lipinski definition) is 1. The van der Waals surface area contributed by atoms with E-state index in [4.69, 9.17) is 4.74 Å². The summed E-state index contributed by atoms with van der Waals surface area (Å²) in [6, 6.07) is 11.7. The van der Waals surface area contributed by atoms with Crippen molar-refractivity contribution < 1.29 is 18.8 Å². The standard InChI is InChI=1S/C23H14FN5O4S2/c24-17-3-1-14(2-4-17)19-13-35-22(27-19)16(11-25)9-15-10-18(29(31)32)5-6-20(15)33-12-21(30)28-23-26-7-8-34-23/h1-10,13H,12H2,(H,26,28,30). The molecule has 4 rings (SSSR count). The van der Waals surface area contributed by atoms with Gasteiger partial charge in [-0.3, -0.25) is 20.2 Å². The molecule has 174 valence electrons. The summed E-state index contributed by atoms with van der Waals surface area (Å²) in [5.41, 5.74) is 1.40. The molecule has 35 heavy (non-hydrogen) atoms. The number of rotatable bonds is 8. The lowest BCUT2D eigenvalue weighted by molar-refractivity contribution is -0.384. The Morgan fingerprint density at radius 3 is 2.74 bits per heavy atom. The third-order valence-electron chi connectivity index (χ3n) is 4.54. The van der Waals surface area contributed by atoms with Gasteiger partial charge >= 0.3 is 0 Å². The van der Waals surface area contributed by atoms with Gasteiger partial charge in [0.2, 0.25) is 0 Å². The Morgan fingerprint density at radius 2 is 2.06 bits per heavy atom. The largest absolute Gasteiger partial charge is 0.483 e. The number of nitrogens with zero attached hydrogens (tertiary/aromatic N) is 4. The Bertz CT molecular complexity index is 1440. The zero-order valence-corrected chi connectivity index (χ0v) is 19.3. The van der Waals surface area contributed by atoms with Crippen molar-refractivity contribution in [3.63, 3.8) is 0 Å². The molecule has 1 amide bonds. The van der Waals surface area contributed by atoms with Gasteiger partial charge in [0.15, 0.2) is 11.7 Å². The van der Waals surface area contributed by atoms with Crippen molar-refractivity contribution in [1.29, 1.82) is 5.26 Å². The number of carbonyl (C=O) groups is 1. The van der Waals surface area contributed by atoms with E-state index in [1.807, 2.05) is 6.07 Å². The van der Waals surface area contributed by atoms with Gasteiger partial charge in [-0.15, -0.1) is 22.7 Å². The molecule has 0 saturated carbocycles. The zero-order valence-electron chi connectivity index (χ0n) is 17.7. The van der Waals surface area contributed by atoms with Crippen molar-refractivity contribution >= 4 is 51.0 Å². The predicted molar refractivity (Wildman–Crippen MR) is 130 cm³/mol. The Labute approximate surface area is 205 Å². The van der Waals surface area contributed by atoms with Crippen molar-refractivity contribution in [3.8, 4) is 23.1 Å². The van der Waals surface area contributed by atoms with Crippen LogP contribution < -0.4 is 10.1 Å². The van der Waals surface area contributed by atoms with Crippen molar-refractivity contribution in [2.45, 2.75) is 0 Å². The number of carbonyl (C=O) groups excluding carboxylic acids is 1. The summed E-state index contributed by atoms with van der Waals surface area (Å²) in [5.74, 6) is -0.661. The second-order valence-electron chi connectivity index (χ2n) is 6.87. The molecule has 0 bridgehead atoms. The van der Waals surface area contributed by atoms with Crippen LogP contribution in [0, 0.1) is 27.3 Å². The van der Waals surface area contributed by atoms with Gasteiger partial charge in [-0.25, -0.2) is 14.4 Å². The molecule has 0 aliphatic carbocycles. The Morgan fingerprint density at radius 1 is 1.26 bits per heavy atom. The molecule has 0 aliphatic rings. The Kier molecular flexibility index (Phi) is 7.20. The Hall–Kier alpha value is -4.47. The number of thiazole rings is 2. The van der Waals surface area contributed by atoms with Crippen molar-refractivity contribution in [1.82, 2.24) is 9.97 Å². The van der Waals surface area contributed by atoms with Crippen LogP contribution in [0.4, 0.5) is 15.2 Å². The molecule has 0 fully saturated rings. The van der Waals surface area contributed by atoms with Gasteiger partial charge in [0, 0.05) is 40.2 Å². The van der Waals surface area contributed by atoms with E-state index in [-0.39, 0.29) is 35.0 Å². The highest BCUT2D eigenvalue weighted by Gasteiger charge is 2.15. The molecule has 0 unspecified atom stereocenters. The van der Waals surface area contributed by atoms with E-state index in [1.54, 1.807) is 29.1 Å². The monoisotopic (exact) mass is 507 g/mol. The minimum absolute atomic E-state index is 0.140. The highest BCUT2D eigenvalue weighted by Crippen LogP contribution is 2.31. The lowest BCUT2D eigenvalue weighted by atomic mass is 10.1. The van der Waals surface area contributed by atoms with Crippen LogP contribution in [0.3, 0.4) is 0 Å². The zero-order chi connectivity index (χ0) is 24.8. The first-order valence-corrected chi connectivity index (χ1v) is 11.6. The molecule has 0 aliphatic heterocycles. The summed E-state index contributed by atoms with van der Waals surface area (Å²) in [6.07, 6.45) is 2.96. The summed E-state index contributed by atoms with van der Waals surface area (Å²) in [6.45, 7) is -0.369. The van der Waals surface area contributed by atoms with Crippen LogP contribution in [0.15, 0.2) is 59.4 Å². The first-order chi connectivity index (χ1) is 16.9. The number of allylic oxidation sites excluding steroid dienone is 1. The van der Waals surface area contributed by atoms with Crippen LogP contribution in [0.1, 0.15) is 10.6 Å². The molecule has 2 aromatic heterocycles. The predicted octanol–water partition coefficient (Wildman–Crippen LogP) is 5.40. The summed E-state index contributed by atoms with van der Waals surface area (Å²) >= 11 is 2.44. The fraction of sp³-hybridized carbons (Fsp3) is 0.0435. The first-order valence-electron chi connectivity index (χ1n) is 9.87. The summed E-state index contributed by atoms with van der Waals surface area (Å²) in [5, 5.41) is 27.8. The molecule has 4 aromatic rings. The van der Waals surface area contributed by atoms with Crippen LogP contribution in [0.25, 0.3) is 22.9 Å². The lowest BCUT2D eigenvalue weighted by Gasteiger charge is -2.09. The van der Waals surface area contributed by atoms with Gasteiger partial charge in [-0.2, -0.15) is 5.26 Å². The molecular weight excluding hydrogens is 493 g/mol. The second kappa shape index (κ2) is 10.6. The first kappa shape index (κ1) is 23.7. The number of ether oxygens (including phenoxy) is 1. The minimum atomic E-state index is -0.571. The van der Waals surface area contributed by atoms with Crippen LogP contribution in [-0.2, 0) is 4.79 Å². The molecule has 2 aromatic carbocycles. The molecule has 2 heterocycles. The maximum absolute atomic E-state index is 13.2. The van der Waals surface area contributed by atoms with Crippen LogP contribution in [-0.4, -0.2) is 27.4 Å². The van der Waals surface area contributed by atoms with Gasteiger partial charge in [0.05, 0.1) is 16.2 Å². The van der Waals surface area contributed by atoms with E-state index in [0.29, 0.717) is 21.4 Å². The van der Waals surface area contributed by atoms with Gasteiger partial charge in [0.1, 0.15) is 22.6 Å². The molecule has 1 N–H and O–H groups in total. The van der Waals surface area contributed by atoms with Crippen LogP contribution >= 0.6 is 22.7 Å². The number of benzene rings is 2. The van der Waals surface area contributed by atoms with Crippen LogP contribution in [0.2, 0.25) is 0 Å². The SMILES string of the molecule is N#CC(=Cc1cc([N+](=O)[O-])ccc1OCC(=O)Nc1nccs1)c1nc(-c2ccc(F)cc2)cs1. The molecule has 12 heteroatoms. The van der Waals surface area contributed by atoms with Crippen molar-refractivity contribution in [2.75, 3.05) is 11.9 Å². The Balaban J connectivity index is 1.61. The minimum Gasteiger partial charge on any atom is -0.483 e. The number of amides is 1. The van der Waals surface area contributed by atoms with E-state index in [2.05, 4.69) is 15.3 Å². The highest BCUT2D eigenvalue weighted by atomic mass is 32.1. The average molecular weight is 508 g/mol. The van der Waals surface area contributed by atoms with E-state index in [1.165, 1.54) is 59.1 Å². The summed E-state index contributed by atoms with van der Waals surface area (Å²) in [7, 11) is 0. The molecule has 0 atom stereocenters. The number of aromatic nitrogens is 2. The lowest BCUT2D eigenvalue weighted by Crippen LogP contribution is -2.20. The van der Waals surface area contributed by atoms with E-state index < -0.39 is 10.8 Å². The number of non-ortho nitro benzene ring substituents is 1. The number of halogens is 1. The average Bonchev–Trinajstić information content (AvgIpc) is 3.54. The molecule has 0 radical (unpaired) electrons. The number of hydrogen-bond acceptors (Lipinski definition) is 9. The topological polar surface area (TPSA) is 131 Å². The second-order valence-corrected chi connectivity index (χ2v) is 8.62. The third kappa shape index (κ3) is 5.91. The van der Waals surface area contributed by atoms with Gasteiger partial charge < -0.3 is 4.74 Å². The molecule has 0 saturated heterocycles. The number of nitro groups is 1. The normalized spacial score (nSPS) is 11.0. The van der Waals surface area contributed by atoms with Crippen LogP contribution in [0.5, 0.6) is 5.75 Å². The fourth-order valence-electron chi connectivity index (χ4n) is 2.93. The fourth-order valence-corrected chi connectivity index (χ4v) is 4.27. The van der Waals surface area contributed by atoms with Gasteiger partial charge in [-0.1, -0.05) is 0 Å². The third-order valence-corrected chi connectivity index (χ3v) is 6.10. The van der Waals surface area contributed by atoms with E-state index >= 15 is 0 Å². The van der Waals surface area contributed by atoms with Crippen molar-refractivity contribution in [2.24, 2.45) is 0 Å². The van der Waals surface area contributed by atoms with E-state index in [0.717, 1.165) is 0 Å². The number of nitrogens with one attached hydrogen (secondary N) is 1. The summed E-state index contributed by atoms with van der Waals surface area (Å²) < 4.78 is 18.8. The smallest absolute Gasteiger partial charge is 0.270 e. The molecular formula is C23H14FN5O4S2. The maximum atomic E-state index is 13.2. The van der Waals surface area contributed by atoms with Gasteiger partial charge in [0.25, 0.3) is 11.6 Å². The highest BCUT2D eigenvalue weighted by molar-refractivity contribution is 7.13. The number of nitriles is 1. The van der Waals surface area contributed by atoms with E-state index in [9.17, 15) is 24.6 Å². The van der Waals surface area contributed by atoms with Gasteiger partial charge in [-0.05, 0) is 36.4 Å².